The Balaban J connectivity index is 1.84. The lowest BCUT2D eigenvalue weighted by Gasteiger charge is -2.25. The summed E-state index contributed by atoms with van der Waals surface area (Å²) in [4.78, 5) is 15.0. The van der Waals surface area contributed by atoms with Gasteiger partial charge in [0.05, 0.1) is 11.4 Å². The number of anilines is 2. The molecule has 126 valence electrons. The van der Waals surface area contributed by atoms with Crippen molar-refractivity contribution < 1.29 is 4.79 Å². The first-order chi connectivity index (χ1) is 11.8. The fourth-order valence-electron chi connectivity index (χ4n) is 3.54. The molecular weight excluding hydrogens is 294 g/mol. The Kier molecular flexibility index (Phi) is 5.68. The molecule has 2 aromatic carbocycles. The summed E-state index contributed by atoms with van der Waals surface area (Å²) in [6, 6.07) is 16.7. The molecule has 2 aromatic rings. The highest BCUT2D eigenvalue weighted by atomic mass is 16.2. The molecule has 1 aliphatic rings. The number of carbonyl (C=O) groups excluding carboxylic acids is 1. The third-order valence-electron chi connectivity index (χ3n) is 4.87. The van der Waals surface area contributed by atoms with E-state index in [9.17, 15) is 4.79 Å². The van der Waals surface area contributed by atoms with Crippen LogP contribution in [0.15, 0.2) is 48.5 Å². The molecule has 1 heterocycles. The second kappa shape index (κ2) is 8.14. The third-order valence-corrected chi connectivity index (χ3v) is 4.87. The normalized spacial score (nSPS) is 13.1. The fourth-order valence-corrected chi connectivity index (χ4v) is 3.54. The Morgan fingerprint density at radius 1 is 0.833 bits per heavy atom. The minimum atomic E-state index is 0.230. The van der Waals surface area contributed by atoms with E-state index in [-0.39, 0.29) is 5.91 Å². The van der Waals surface area contributed by atoms with Gasteiger partial charge in [0.25, 0.3) is 0 Å². The Morgan fingerprint density at radius 2 is 1.38 bits per heavy atom. The topological polar surface area (TPSA) is 20.3 Å². The van der Waals surface area contributed by atoms with Crippen molar-refractivity contribution in [2.45, 2.75) is 58.3 Å². The van der Waals surface area contributed by atoms with Gasteiger partial charge in [0.15, 0.2) is 0 Å². The number of benzene rings is 2. The zero-order chi connectivity index (χ0) is 16.8. The van der Waals surface area contributed by atoms with Crippen molar-refractivity contribution in [3.05, 3.63) is 59.7 Å². The molecule has 0 N–H and O–H groups in total. The van der Waals surface area contributed by atoms with Crippen molar-refractivity contribution in [1.82, 2.24) is 0 Å². The van der Waals surface area contributed by atoms with Crippen LogP contribution in [0.5, 0.6) is 0 Å². The monoisotopic (exact) mass is 321 g/mol. The first-order valence-corrected chi connectivity index (χ1v) is 9.30. The van der Waals surface area contributed by atoms with Crippen LogP contribution in [-0.4, -0.2) is 5.91 Å². The number of carbonyl (C=O) groups is 1. The lowest BCUT2D eigenvalue weighted by atomic mass is 10.0. The summed E-state index contributed by atoms with van der Waals surface area (Å²) >= 11 is 0. The maximum atomic E-state index is 13.0. The summed E-state index contributed by atoms with van der Waals surface area (Å²) in [6.45, 7) is 2.22. The van der Waals surface area contributed by atoms with Crippen LogP contribution in [0.2, 0.25) is 0 Å². The molecular formula is C22H27NO. The van der Waals surface area contributed by atoms with Crippen LogP contribution in [0, 0.1) is 0 Å². The molecule has 0 aliphatic carbocycles. The van der Waals surface area contributed by atoms with Crippen LogP contribution in [0.3, 0.4) is 0 Å². The van der Waals surface area contributed by atoms with Gasteiger partial charge in [0.1, 0.15) is 0 Å². The van der Waals surface area contributed by atoms with Gasteiger partial charge in [-0.25, -0.2) is 0 Å². The number of aryl methyl sites for hydroxylation is 2. The van der Waals surface area contributed by atoms with Crippen molar-refractivity contribution in [2.75, 3.05) is 4.90 Å². The van der Waals surface area contributed by atoms with Crippen LogP contribution < -0.4 is 4.90 Å². The van der Waals surface area contributed by atoms with Crippen LogP contribution >= 0.6 is 0 Å². The molecule has 0 unspecified atom stereocenters. The summed E-state index contributed by atoms with van der Waals surface area (Å²) in [5.41, 5.74) is 4.68. The number of hydrogen-bond donors (Lipinski definition) is 0. The van der Waals surface area contributed by atoms with E-state index in [0.29, 0.717) is 6.42 Å². The molecule has 0 fully saturated rings. The highest BCUT2D eigenvalue weighted by Crippen LogP contribution is 2.36. The highest BCUT2D eigenvalue weighted by molar-refractivity contribution is 6.02. The zero-order valence-corrected chi connectivity index (χ0v) is 14.6. The lowest BCUT2D eigenvalue weighted by molar-refractivity contribution is -0.118. The molecule has 0 aromatic heterocycles. The van der Waals surface area contributed by atoms with E-state index in [1.165, 1.54) is 30.4 Å². The number of rotatable bonds is 6. The van der Waals surface area contributed by atoms with E-state index in [2.05, 4.69) is 43.3 Å². The molecule has 1 aliphatic heterocycles. The molecule has 0 saturated heterocycles. The van der Waals surface area contributed by atoms with Crippen molar-refractivity contribution in [2.24, 2.45) is 0 Å². The molecule has 0 saturated carbocycles. The van der Waals surface area contributed by atoms with Crippen molar-refractivity contribution in [3.8, 4) is 0 Å². The zero-order valence-electron chi connectivity index (χ0n) is 14.6. The molecule has 1 amide bonds. The van der Waals surface area contributed by atoms with Gasteiger partial charge in [-0.2, -0.15) is 0 Å². The summed E-state index contributed by atoms with van der Waals surface area (Å²) in [7, 11) is 0. The van der Waals surface area contributed by atoms with Crippen molar-refractivity contribution >= 4 is 17.3 Å². The van der Waals surface area contributed by atoms with Gasteiger partial charge in [-0.1, -0.05) is 69.0 Å². The van der Waals surface area contributed by atoms with Crippen molar-refractivity contribution in [3.63, 3.8) is 0 Å². The fraction of sp³-hybridized carbons (Fsp3) is 0.409. The van der Waals surface area contributed by atoms with E-state index in [1.807, 2.05) is 17.0 Å². The van der Waals surface area contributed by atoms with Gasteiger partial charge < -0.3 is 0 Å². The van der Waals surface area contributed by atoms with Gasteiger partial charge in [-0.3, -0.25) is 9.69 Å². The Bertz CT molecular complexity index is 644. The van der Waals surface area contributed by atoms with E-state index in [4.69, 9.17) is 0 Å². The maximum Gasteiger partial charge on any atom is 0.231 e. The van der Waals surface area contributed by atoms with Crippen LogP contribution in [0.1, 0.15) is 56.6 Å². The first-order valence-electron chi connectivity index (χ1n) is 9.30. The predicted octanol–water partition coefficient (Wildman–Crippen LogP) is 5.81. The second-order valence-corrected chi connectivity index (χ2v) is 6.65. The predicted molar refractivity (Wildman–Crippen MR) is 101 cm³/mol. The second-order valence-electron chi connectivity index (χ2n) is 6.65. The first kappa shape index (κ1) is 16.8. The number of unbranched alkanes of at least 4 members (excludes halogenated alkanes) is 4. The molecule has 0 bridgehead atoms. The maximum absolute atomic E-state index is 13.0. The van der Waals surface area contributed by atoms with Crippen LogP contribution in [-0.2, 0) is 17.6 Å². The minimum absolute atomic E-state index is 0.230. The summed E-state index contributed by atoms with van der Waals surface area (Å²) in [6.07, 6.45) is 8.49. The summed E-state index contributed by atoms with van der Waals surface area (Å²) in [5, 5.41) is 0. The van der Waals surface area contributed by atoms with Gasteiger partial charge in [-0.05, 0) is 42.5 Å². The third kappa shape index (κ3) is 3.69. The van der Waals surface area contributed by atoms with Crippen molar-refractivity contribution in [1.29, 1.82) is 0 Å². The molecule has 3 rings (SSSR count). The van der Waals surface area contributed by atoms with Crippen LogP contribution in [0.25, 0.3) is 0 Å². The van der Waals surface area contributed by atoms with Gasteiger partial charge in [0, 0.05) is 6.42 Å². The van der Waals surface area contributed by atoms with E-state index < -0.39 is 0 Å². The van der Waals surface area contributed by atoms with E-state index in [0.717, 1.165) is 37.1 Å². The van der Waals surface area contributed by atoms with Crippen LogP contribution in [0.4, 0.5) is 11.4 Å². The molecule has 0 atom stereocenters. The number of amides is 1. The Hall–Kier alpha value is -2.09. The average molecular weight is 321 g/mol. The van der Waals surface area contributed by atoms with Gasteiger partial charge >= 0.3 is 0 Å². The Labute approximate surface area is 145 Å². The molecule has 2 heteroatoms. The summed E-state index contributed by atoms with van der Waals surface area (Å²) in [5.74, 6) is 0.230. The largest absolute Gasteiger partial charge is 0.281 e. The lowest BCUT2D eigenvalue weighted by Crippen LogP contribution is -2.26. The van der Waals surface area contributed by atoms with E-state index >= 15 is 0 Å². The quantitative estimate of drug-likeness (QED) is 0.615. The molecule has 0 radical (unpaired) electrons. The van der Waals surface area contributed by atoms with Gasteiger partial charge in [0.2, 0.25) is 5.91 Å². The number of nitrogens with zero attached hydrogens (tertiary/aromatic N) is 1. The molecule has 24 heavy (non-hydrogen) atoms. The standard InChI is InChI=1S/C22H27NO/c1-2-3-4-5-6-15-22(24)23-20-13-9-7-11-18(20)16-17-19-12-8-10-14-21(19)23/h7-14H,2-6,15-17H2,1H3. The Morgan fingerprint density at radius 3 is 1.96 bits per heavy atom. The molecule has 2 nitrogen and oxygen atoms in total. The summed E-state index contributed by atoms with van der Waals surface area (Å²) < 4.78 is 0. The number of fused-ring (bicyclic) bond motifs is 2. The smallest absolute Gasteiger partial charge is 0.231 e. The number of para-hydroxylation sites is 2. The minimum Gasteiger partial charge on any atom is -0.281 e. The molecule has 0 spiro atoms. The highest BCUT2D eigenvalue weighted by Gasteiger charge is 2.24. The number of hydrogen-bond acceptors (Lipinski definition) is 1. The SMILES string of the molecule is CCCCCCCC(=O)N1c2ccccc2CCc2ccccc21. The van der Waals surface area contributed by atoms with Gasteiger partial charge in [-0.15, -0.1) is 0 Å². The average Bonchev–Trinajstić information content (AvgIpc) is 2.78. The van der Waals surface area contributed by atoms with E-state index in [1.54, 1.807) is 0 Å².